The number of hydrogen-bond acceptors (Lipinski definition) is 3. The molecule has 0 aromatic heterocycles. The molecule has 3 amide bonds. The maximum atomic E-state index is 13.2. The molecule has 0 radical (unpaired) electrons. The fourth-order valence-electron chi connectivity index (χ4n) is 2.81. The Morgan fingerprint density at radius 2 is 1.64 bits per heavy atom. The summed E-state index contributed by atoms with van der Waals surface area (Å²) in [5.41, 5.74) is 6.61. The first-order valence-corrected chi connectivity index (χ1v) is 8.98. The molecule has 1 aliphatic heterocycles. The molecular formula is C18H24F4N4O2. The van der Waals surface area contributed by atoms with Gasteiger partial charge in [-0.25, -0.2) is 4.79 Å². The number of nitrogens with zero attached hydrogens (tertiary/aromatic N) is 1. The van der Waals surface area contributed by atoms with E-state index in [0.717, 1.165) is 5.56 Å². The van der Waals surface area contributed by atoms with E-state index in [1.165, 1.54) is 0 Å². The number of unbranched alkanes of at least 4 members (excludes halogenated alkanes) is 1. The molecule has 1 aromatic rings. The molecule has 2 rings (SSSR count). The fraction of sp³-hybridized carbons (Fsp3) is 0.556. The molecule has 0 spiro atoms. The van der Waals surface area contributed by atoms with Crippen molar-refractivity contribution in [2.75, 3.05) is 19.6 Å². The van der Waals surface area contributed by atoms with Crippen molar-refractivity contribution in [3.63, 3.8) is 0 Å². The summed E-state index contributed by atoms with van der Waals surface area (Å²) in [4.78, 5) is 24.1. The molecule has 1 saturated heterocycles. The Kier molecular flexibility index (Phi) is 7.22. The van der Waals surface area contributed by atoms with Crippen LogP contribution in [0.4, 0.5) is 22.4 Å². The monoisotopic (exact) mass is 404 g/mol. The Morgan fingerprint density at radius 1 is 1.04 bits per heavy atom. The molecule has 0 bridgehead atoms. The van der Waals surface area contributed by atoms with Crippen LogP contribution in [0.1, 0.15) is 24.8 Å². The topological polar surface area (TPSA) is 87.5 Å². The molecule has 10 heteroatoms. The summed E-state index contributed by atoms with van der Waals surface area (Å²) in [5.74, 6) is -9.39. The number of alkyl halides is 4. The number of amides is 3. The van der Waals surface area contributed by atoms with Crippen molar-refractivity contribution in [2.45, 2.75) is 43.7 Å². The molecule has 0 unspecified atom stereocenters. The van der Waals surface area contributed by atoms with E-state index in [2.05, 4.69) is 10.6 Å². The number of nitrogens with two attached hydrogens (primary N) is 1. The van der Waals surface area contributed by atoms with E-state index in [4.69, 9.17) is 5.73 Å². The van der Waals surface area contributed by atoms with E-state index in [0.29, 0.717) is 30.8 Å². The summed E-state index contributed by atoms with van der Waals surface area (Å²) in [6, 6.07) is 7.89. The van der Waals surface area contributed by atoms with Gasteiger partial charge in [0, 0.05) is 13.1 Å². The Labute approximate surface area is 160 Å². The third-order valence-corrected chi connectivity index (χ3v) is 4.47. The van der Waals surface area contributed by atoms with Gasteiger partial charge >= 0.3 is 17.9 Å². The number of halogens is 4. The Hall–Kier alpha value is -2.36. The average molecular weight is 404 g/mol. The lowest BCUT2D eigenvalue weighted by Crippen LogP contribution is -2.43. The first kappa shape index (κ1) is 21.9. The molecule has 1 atom stereocenters. The zero-order chi connectivity index (χ0) is 20.8. The molecule has 4 N–H and O–H groups in total. The third kappa shape index (κ3) is 5.82. The number of hydrogen-bond donors (Lipinski definition) is 3. The Bertz CT molecular complexity index is 657. The number of carbonyl (C=O) groups excluding carboxylic acids is 2. The molecule has 1 heterocycles. The molecule has 28 heavy (non-hydrogen) atoms. The molecule has 0 saturated carbocycles. The van der Waals surface area contributed by atoms with Gasteiger partial charge in [-0.05, 0) is 24.8 Å². The standard InChI is InChI=1S/C18H24F4N4O2/c19-17(20)11-26(12-18(17,21)22)15(27)14(23)8-4-5-9-24-16(28)25-10-13-6-2-1-3-7-13/h1-3,6-7,14H,4-5,8-12,23H2,(H2,24,25,28)/t14-/m0/s1. The van der Waals surface area contributed by atoms with E-state index < -0.39 is 36.9 Å². The van der Waals surface area contributed by atoms with E-state index in [-0.39, 0.29) is 12.5 Å². The van der Waals surface area contributed by atoms with Gasteiger partial charge in [-0.1, -0.05) is 30.3 Å². The third-order valence-electron chi connectivity index (χ3n) is 4.47. The van der Waals surface area contributed by atoms with Gasteiger partial charge in [0.2, 0.25) is 5.91 Å². The number of carbonyl (C=O) groups is 2. The largest absolute Gasteiger partial charge is 0.338 e. The van der Waals surface area contributed by atoms with Crippen LogP contribution in [-0.4, -0.2) is 54.4 Å². The van der Waals surface area contributed by atoms with Crippen LogP contribution < -0.4 is 16.4 Å². The predicted octanol–water partition coefficient (Wildman–Crippen LogP) is 2.10. The van der Waals surface area contributed by atoms with Crippen LogP contribution in [0.5, 0.6) is 0 Å². The highest BCUT2D eigenvalue weighted by molar-refractivity contribution is 5.82. The highest BCUT2D eigenvalue weighted by Crippen LogP contribution is 2.41. The first-order valence-electron chi connectivity index (χ1n) is 8.98. The van der Waals surface area contributed by atoms with Crippen molar-refractivity contribution < 1.29 is 27.2 Å². The van der Waals surface area contributed by atoms with E-state index >= 15 is 0 Å². The van der Waals surface area contributed by atoms with E-state index in [1.54, 1.807) is 0 Å². The van der Waals surface area contributed by atoms with Gasteiger partial charge in [0.1, 0.15) is 0 Å². The van der Waals surface area contributed by atoms with Crippen LogP contribution in [0.15, 0.2) is 30.3 Å². The first-order chi connectivity index (χ1) is 13.1. The zero-order valence-corrected chi connectivity index (χ0v) is 15.3. The summed E-state index contributed by atoms with van der Waals surface area (Å²) in [6.45, 7) is -1.93. The highest BCUT2D eigenvalue weighted by Gasteiger charge is 2.64. The minimum atomic E-state index is -4.24. The van der Waals surface area contributed by atoms with Crippen LogP contribution in [0.2, 0.25) is 0 Å². The second kappa shape index (κ2) is 9.22. The predicted molar refractivity (Wildman–Crippen MR) is 95.0 cm³/mol. The number of urea groups is 1. The average Bonchev–Trinajstić information content (AvgIpc) is 2.87. The maximum Gasteiger partial charge on any atom is 0.329 e. The molecular weight excluding hydrogens is 380 g/mol. The van der Waals surface area contributed by atoms with E-state index in [1.807, 2.05) is 30.3 Å². The lowest BCUT2D eigenvalue weighted by molar-refractivity contribution is -0.172. The van der Waals surface area contributed by atoms with E-state index in [9.17, 15) is 27.2 Å². The number of benzene rings is 1. The summed E-state index contributed by atoms with van der Waals surface area (Å²) in [7, 11) is 0. The highest BCUT2D eigenvalue weighted by atomic mass is 19.3. The van der Waals surface area contributed by atoms with Crippen LogP contribution in [0.3, 0.4) is 0 Å². The lowest BCUT2D eigenvalue weighted by atomic mass is 10.1. The van der Waals surface area contributed by atoms with Crippen molar-refractivity contribution in [1.29, 1.82) is 0 Å². The molecule has 1 aromatic carbocycles. The Morgan fingerprint density at radius 3 is 2.25 bits per heavy atom. The van der Waals surface area contributed by atoms with Gasteiger partial charge in [-0.3, -0.25) is 4.79 Å². The SMILES string of the molecule is N[C@@H](CCCCNC(=O)NCc1ccccc1)C(=O)N1CC(F)(F)C(F)(F)C1. The zero-order valence-electron chi connectivity index (χ0n) is 15.3. The van der Waals surface area contributed by atoms with Crippen molar-refractivity contribution in [3.8, 4) is 0 Å². The van der Waals surface area contributed by atoms with Gasteiger partial charge in [0.05, 0.1) is 19.1 Å². The quantitative estimate of drug-likeness (QED) is 0.458. The summed E-state index contributed by atoms with van der Waals surface area (Å²) >= 11 is 0. The van der Waals surface area contributed by atoms with Crippen LogP contribution >= 0.6 is 0 Å². The molecule has 156 valence electrons. The van der Waals surface area contributed by atoms with Gasteiger partial charge in [0.25, 0.3) is 0 Å². The smallest absolute Gasteiger partial charge is 0.329 e. The second-order valence-corrected chi connectivity index (χ2v) is 6.80. The molecule has 1 fully saturated rings. The Balaban J connectivity index is 1.60. The van der Waals surface area contributed by atoms with Crippen LogP contribution in [-0.2, 0) is 11.3 Å². The molecule has 6 nitrogen and oxygen atoms in total. The van der Waals surface area contributed by atoms with Gasteiger partial charge in [0.15, 0.2) is 0 Å². The summed E-state index contributed by atoms with van der Waals surface area (Å²) < 4.78 is 52.7. The summed E-state index contributed by atoms with van der Waals surface area (Å²) in [5, 5.41) is 5.34. The van der Waals surface area contributed by atoms with Crippen LogP contribution in [0, 0.1) is 0 Å². The minimum Gasteiger partial charge on any atom is -0.338 e. The number of rotatable bonds is 8. The van der Waals surface area contributed by atoms with Gasteiger partial charge in [-0.2, -0.15) is 17.6 Å². The maximum absolute atomic E-state index is 13.2. The molecule has 0 aliphatic carbocycles. The van der Waals surface area contributed by atoms with Crippen molar-refractivity contribution >= 4 is 11.9 Å². The number of likely N-dealkylation sites (tertiary alicyclic amines) is 1. The minimum absolute atomic E-state index is 0.153. The van der Waals surface area contributed by atoms with Crippen molar-refractivity contribution in [2.24, 2.45) is 5.73 Å². The van der Waals surface area contributed by atoms with Crippen LogP contribution in [0.25, 0.3) is 0 Å². The normalized spacial score (nSPS) is 18.5. The van der Waals surface area contributed by atoms with Crippen molar-refractivity contribution in [3.05, 3.63) is 35.9 Å². The molecule has 1 aliphatic rings. The lowest BCUT2D eigenvalue weighted by Gasteiger charge is -2.19. The van der Waals surface area contributed by atoms with Crippen molar-refractivity contribution in [1.82, 2.24) is 15.5 Å². The van der Waals surface area contributed by atoms with Gasteiger partial charge < -0.3 is 21.3 Å². The number of nitrogens with one attached hydrogen (secondary N) is 2. The van der Waals surface area contributed by atoms with Gasteiger partial charge in [-0.15, -0.1) is 0 Å². The summed E-state index contributed by atoms with van der Waals surface area (Å²) in [6.07, 6.45) is 1.10. The fourth-order valence-corrected chi connectivity index (χ4v) is 2.81. The second-order valence-electron chi connectivity index (χ2n) is 6.80.